The number of aliphatic imine (C=N–C) groups is 1. The first-order valence-electron chi connectivity index (χ1n) is 8.06. The zero-order valence-corrected chi connectivity index (χ0v) is 18.1. The topological polar surface area (TPSA) is 92.1 Å². The molecule has 0 bridgehead atoms. The number of thioether (sulfide) groups is 1. The minimum Gasteiger partial charge on any atom is -0.368 e. The molecular formula is C15H27IN8S. The van der Waals surface area contributed by atoms with Gasteiger partial charge in [-0.1, -0.05) is 0 Å². The van der Waals surface area contributed by atoms with E-state index in [0.29, 0.717) is 0 Å². The summed E-state index contributed by atoms with van der Waals surface area (Å²) in [6.07, 6.45) is 7.84. The fourth-order valence-electron chi connectivity index (χ4n) is 2.26. The molecule has 2 aromatic heterocycles. The second-order valence-corrected chi connectivity index (χ2v) is 6.27. The number of anilines is 1. The first-order valence-corrected chi connectivity index (χ1v) is 9.45. The lowest BCUT2D eigenvalue weighted by Crippen LogP contribution is -2.40. The Morgan fingerprint density at radius 1 is 1.20 bits per heavy atom. The Kier molecular flexibility index (Phi) is 10.5. The summed E-state index contributed by atoms with van der Waals surface area (Å²) < 4.78 is 1.74. The number of aromatic nitrogens is 4. The minimum absolute atomic E-state index is 0. The van der Waals surface area contributed by atoms with Crippen molar-refractivity contribution in [1.29, 1.82) is 0 Å². The van der Waals surface area contributed by atoms with E-state index >= 15 is 0 Å². The van der Waals surface area contributed by atoms with Crippen LogP contribution in [-0.2, 0) is 7.05 Å². The van der Waals surface area contributed by atoms with Crippen LogP contribution in [-0.4, -0.2) is 64.4 Å². The quantitative estimate of drug-likeness (QED) is 0.219. The Morgan fingerprint density at radius 3 is 2.76 bits per heavy atom. The van der Waals surface area contributed by atoms with Gasteiger partial charge in [-0.15, -0.1) is 24.0 Å². The highest BCUT2D eigenvalue weighted by Crippen LogP contribution is 2.16. The molecule has 0 aliphatic heterocycles. The lowest BCUT2D eigenvalue weighted by Gasteiger charge is -2.12. The Morgan fingerprint density at radius 2 is 2.00 bits per heavy atom. The highest BCUT2D eigenvalue weighted by Gasteiger charge is 2.06. The normalized spacial score (nSPS) is 11.2. The molecule has 3 N–H and O–H groups in total. The predicted octanol–water partition coefficient (Wildman–Crippen LogP) is 1.70. The van der Waals surface area contributed by atoms with Gasteiger partial charge in [-0.2, -0.15) is 16.9 Å². The van der Waals surface area contributed by atoms with Crippen LogP contribution in [0.3, 0.4) is 0 Å². The third-order valence-corrected chi connectivity index (χ3v) is 4.23. The highest BCUT2D eigenvalue weighted by molar-refractivity contribution is 14.0. The summed E-state index contributed by atoms with van der Waals surface area (Å²) in [5.41, 5.74) is 0.822. The average molecular weight is 478 g/mol. The van der Waals surface area contributed by atoms with Crippen molar-refractivity contribution in [2.45, 2.75) is 12.8 Å². The van der Waals surface area contributed by atoms with Crippen LogP contribution in [0.4, 0.5) is 5.82 Å². The molecule has 0 aliphatic rings. The summed E-state index contributed by atoms with van der Waals surface area (Å²) in [6.45, 7) is 2.42. The SMILES string of the molecule is CN=C(NCCCCSC)NCCNc1ncnc2c1cnn2C.I. The van der Waals surface area contributed by atoms with E-state index in [9.17, 15) is 0 Å². The smallest absolute Gasteiger partial charge is 0.191 e. The van der Waals surface area contributed by atoms with Crippen molar-refractivity contribution >= 4 is 58.5 Å². The predicted molar refractivity (Wildman–Crippen MR) is 117 cm³/mol. The van der Waals surface area contributed by atoms with Crippen molar-refractivity contribution in [1.82, 2.24) is 30.4 Å². The van der Waals surface area contributed by atoms with Gasteiger partial charge < -0.3 is 16.0 Å². The Bertz CT molecular complexity index is 660. The van der Waals surface area contributed by atoms with Crippen LogP contribution >= 0.6 is 35.7 Å². The number of unbranched alkanes of at least 4 members (excludes halogenated alkanes) is 1. The van der Waals surface area contributed by atoms with Crippen molar-refractivity contribution in [2.75, 3.05) is 44.0 Å². The number of rotatable bonds is 9. The van der Waals surface area contributed by atoms with E-state index in [-0.39, 0.29) is 24.0 Å². The molecule has 2 aromatic rings. The maximum atomic E-state index is 4.28. The molecule has 0 atom stereocenters. The number of aryl methyl sites for hydroxylation is 1. The number of nitrogens with zero attached hydrogens (tertiary/aromatic N) is 5. The van der Waals surface area contributed by atoms with E-state index in [4.69, 9.17) is 0 Å². The van der Waals surface area contributed by atoms with Crippen molar-refractivity contribution < 1.29 is 0 Å². The number of nitrogens with one attached hydrogen (secondary N) is 3. The molecule has 25 heavy (non-hydrogen) atoms. The number of hydrogen-bond acceptors (Lipinski definition) is 6. The third-order valence-electron chi connectivity index (χ3n) is 3.53. The van der Waals surface area contributed by atoms with E-state index in [1.54, 1.807) is 24.3 Å². The van der Waals surface area contributed by atoms with Crippen molar-refractivity contribution in [3.8, 4) is 0 Å². The molecular weight excluding hydrogens is 451 g/mol. The van der Waals surface area contributed by atoms with Gasteiger partial charge in [-0.05, 0) is 24.9 Å². The molecule has 2 heterocycles. The van der Waals surface area contributed by atoms with Crippen LogP contribution in [0, 0.1) is 0 Å². The Balaban J connectivity index is 0.00000312. The van der Waals surface area contributed by atoms with E-state index in [1.807, 2.05) is 18.8 Å². The average Bonchev–Trinajstić information content (AvgIpc) is 2.98. The molecule has 0 saturated heterocycles. The lowest BCUT2D eigenvalue weighted by atomic mass is 10.3. The number of guanidine groups is 1. The number of fused-ring (bicyclic) bond motifs is 1. The van der Waals surface area contributed by atoms with Gasteiger partial charge in [0.25, 0.3) is 0 Å². The van der Waals surface area contributed by atoms with Crippen LogP contribution in [0.1, 0.15) is 12.8 Å². The van der Waals surface area contributed by atoms with Crippen LogP contribution in [0.25, 0.3) is 11.0 Å². The molecule has 0 spiro atoms. The monoisotopic (exact) mass is 478 g/mol. The van der Waals surface area contributed by atoms with E-state index in [1.165, 1.54) is 12.2 Å². The molecule has 0 aliphatic carbocycles. The van der Waals surface area contributed by atoms with E-state index in [2.05, 4.69) is 42.3 Å². The van der Waals surface area contributed by atoms with Crippen LogP contribution in [0.2, 0.25) is 0 Å². The molecule has 0 amide bonds. The molecule has 0 radical (unpaired) electrons. The largest absolute Gasteiger partial charge is 0.368 e. The van der Waals surface area contributed by atoms with Crippen molar-refractivity contribution in [3.63, 3.8) is 0 Å². The van der Waals surface area contributed by atoms with Crippen molar-refractivity contribution in [2.24, 2.45) is 12.0 Å². The zero-order chi connectivity index (χ0) is 17.2. The van der Waals surface area contributed by atoms with Gasteiger partial charge in [0.05, 0.1) is 11.6 Å². The van der Waals surface area contributed by atoms with E-state index < -0.39 is 0 Å². The zero-order valence-electron chi connectivity index (χ0n) is 14.9. The fraction of sp³-hybridized carbons (Fsp3) is 0.600. The Hall–Kier alpha value is -1.30. The molecule has 0 aromatic carbocycles. The molecule has 0 unspecified atom stereocenters. The van der Waals surface area contributed by atoms with Gasteiger partial charge in [-0.3, -0.25) is 9.67 Å². The standard InChI is InChI=1S/C15H26N8S.HI/c1-16-15(18-6-4-5-9-24-3)19-8-7-17-13-12-10-22-23(2)14(12)21-11-20-13;/h10-11H,4-9H2,1-3H3,(H2,16,18,19)(H,17,20,21);1H. The van der Waals surface area contributed by atoms with Crippen molar-refractivity contribution in [3.05, 3.63) is 12.5 Å². The second kappa shape index (κ2) is 12.1. The van der Waals surface area contributed by atoms with Gasteiger partial charge in [-0.25, -0.2) is 9.97 Å². The summed E-state index contributed by atoms with van der Waals surface area (Å²) in [6, 6.07) is 0. The first-order chi connectivity index (χ1) is 11.8. The van der Waals surface area contributed by atoms with Gasteiger partial charge in [0.15, 0.2) is 11.6 Å². The van der Waals surface area contributed by atoms with Gasteiger partial charge >= 0.3 is 0 Å². The third kappa shape index (κ3) is 6.84. The van der Waals surface area contributed by atoms with Gasteiger partial charge in [0.2, 0.25) is 0 Å². The summed E-state index contributed by atoms with van der Waals surface area (Å²) in [4.78, 5) is 12.7. The molecule has 8 nitrogen and oxygen atoms in total. The molecule has 10 heteroatoms. The summed E-state index contributed by atoms with van der Waals surface area (Å²) in [5.74, 6) is 2.84. The van der Waals surface area contributed by atoms with Gasteiger partial charge in [0, 0.05) is 33.7 Å². The summed E-state index contributed by atoms with van der Waals surface area (Å²) >= 11 is 1.88. The lowest BCUT2D eigenvalue weighted by molar-refractivity contribution is 0.735. The summed E-state index contributed by atoms with van der Waals surface area (Å²) in [5, 5.41) is 15.1. The Labute approximate surface area is 170 Å². The minimum atomic E-state index is 0. The van der Waals surface area contributed by atoms with Crippen LogP contribution in [0.15, 0.2) is 17.5 Å². The maximum Gasteiger partial charge on any atom is 0.191 e. The first kappa shape index (κ1) is 21.7. The number of hydrogen-bond donors (Lipinski definition) is 3. The molecule has 140 valence electrons. The molecule has 2 rings (SSSR count). The van der Waals surface area contributed by atoms with Gasteiger partial charge in [0.1, 0.15) is 12.1 Å². The molecule has 0 fully saturated rings. The fourth-order valence-corrected chi connectivity index (χ4v) is 2.76. The maximum absolute atomic E-state index is 4.28. The van der Waals surface area contributed by atoms with Crippen LogP contribution < -0.4 is 16.0 Å². The second-order valence-electron chi connectivity index (χ2n) is 5.28. The number of halogens is 1. The van der Waals surface area contributed by atoms with Crippen LogP contribution in [0.5, 0.6) is 0 Å². The molecule has 0 saturated carbocycles. The van der Waals surface area contributed by atoms with E-state index in [0.717, 1.165) is 48.9 Å². The summed E-state index contributed by atoms with van der Waals surface area (Å²) in [7, 11) is 3.66. The highest BCUT2D eigenvalue weighted by atomic mass is 127.